The summed E-state index contributed by atoms with van der Waals surface area (Å²) >= 11 is 4.04. The van der Waals surface area contributed by atoms with E-state index in [9.17, 15) is 29.1 Å². The highest BCUT2D eigenvalue weighted by Crippen LogP contribution is 2.05. The van der Waals surface area contributed by atoms with E-state index in [-0.39, 0.29) is 18.6 Å². The molecule has 14 heteroatoms. The van der Waals surface area contributed by atoms with Gasteiger partial charge in [0.1, 0.15) is 18.1 Å². The Labute approximate surface area is 204 Å². The molecule has 34 heavy (non-hydrogen) atoms. The number of amides is 3. The number of hydrogen-bond acceptors (Lipinski definition) is 9. The van der Waals surface area contributed by atoms with Gasteiger partial charge in [0.25, 0.3) is 0 Å². The van der Waals surface area contributed by atoms with Crippen LogP contribution in [-0.2, 0) is 24.0 Å². The van der Waals surface area contributed by atoms with Gasteiger partial charge in [-0.3, -0.25) is 19.2 Å². The van der Waals surface area contributed by atoms with E-state index in [2.05, 4.69) is 28.6 Å². The molecule has 0 heterocycles. The average molecular weight is 507 g/mol. The molecule has 0 bridgehead atoms. The highest BCUT2D eigenvalue weighted by atomic mass is 32.1. The molecular weight excluding hydrogens is 468 g/mol. The maximum Gasteiger partial charge on any atom is 0.326 e. The van der Waals surface area contributed by atoms with Crippen molar-refractivity contribution < 1.29 is 34.2 Å². The summed E-state index contributed by atoms with van der Waals surface area (Å²) in [4.78, 5) is 60.1. The van der Waals surface area contributed by atoms with Crippen LogP contribution in [0.5, 0.6) is 0 Å². The monoisotopic (exact) mass is 506 g/mol. The first-order valence-electron chi connectivity index (χ1n) is 11.2. The summed E-state index contributed by atoms with van der Waals surface area (Å²) in [6, 6.07) is -4.57. The normalized spacial score (nSPS) is 14.4. The molecule has 0 aromatic carbocycles. The van der Waals surface area contributed by atoms with Gasteiger partial charge in [-0.25, -0.2) is 4.79 Å². The lowest BCUT2D eigenvalue weighted by Gasteiger charge is -2.24. The minimum atomic E-state index is -1.26. The molecule has 4 atom stereocenters. The molecule has 0 aliphatic heterocycles. The van der Waals surface area contributed by atoms with Crippen molar-refractivity contribution in [1.82, 2.24) is 16.0 Å². The Morgan fingerprint density at radius 1 is 0.706 bits per heavy atom. The number of hydrogen-bond donors (Lipinski definition) is 9. The van der Waals surface area contributed by atoms with Crippen LogP contribution >= 0.6 is 12.6 Å². The van der Waals surface area contributed by atoms with E-state index in [1.165, 1.54) is 0 Å². The largest absolute Gasteiger partial charge is 0.481 e. The van der Waals surface area contributed by atoms with Gasteiger partial charge < -0.3 is 43.4 Å². The predicted octanol–water partition coefficient (Wildman–Crippen LogP) is -2.09. The van der Waals surface area contributed by atoms with Crippen LogP contribution in [0.2, 0.25) is 0 Å². The lowest BCUT2D eigenvalue weighted by Crippen LogP contribution is -2.57. The topological polar surface area (TPSA) is 240 Å². The number of aliphatic carboxylic acids is 2. The molecule has 11 N–H and O–H groups in total. The first-order valence-corrected chi connectivity index (χ1v) is 11.8. The molecule has 0 radical (unpaired) electrons. The molecule has 0 saturated heterocycles. The number of unbranched alkanes of at least 4 members (excludes halogenated alkanes) is 2. The number of nitrogens with one attached hydrogen (secondary N) is 3. The second-order valence-electron chi connectivity index (χ2n) is 7.81. The van der Waals surface area contributed by atoms with Crippen LogP contribution in [0.25, 0.3) is 0 Å². The molecule has 0 spiro atoms. The van der Waals surface area contributed by atoms with E-state index >= 15 is 0 Å². The highest BCUT2D eigenvalue weighted by molar-refractivity contribution is 7.80. The summed E-state index contributed by atoms with van der Waals surface area (Å²) in [5.41, 5.74) is 16.6. The smallest absolute Gasteiger partial charge is 0.326 e. The molecule has 0 fully saturated rings. The Morgan fingerprint density at radius 2 is 1.21 bits per heavy atom. The van der Waals surface area contributed by atoms with Gasteiger partial charge in [-0.2, -0.15) is 12.6 Å². The summed E-state index contributed by atoms with van der Waals surface area (Å²) in [6.45, 7) is 0.830. The standard InChI is InChI=1S/C20H38N6O7S/c21-9-3-1-5-12(23)17(29)24-13(7-8-16(27)28)18(30)26-15(11-34)19(31)25-14(20(32)33)6-2-4-10-22/h12-15,34H,1-11,21-23H2,(H,24,29)(H,25,31)(H,26,30)(H,27,28)(H,32,33)/t12-,13-,14-,15-/m0/s1. The lowest BCUT2D eigenvalue weighted by atomic mass is 10.1. The van der Waals surface area contributed by atoms with E-state index in [1.807, 2.05) is 0 Å². The zero-order chi connectivity index (χ0) is 26.1. The van der Waals surface area contributed by atoms with Gasteiger partial charge in [0.05, 0.1) is 6.04 Å². The second kappa shape index (κ2) is 18.0. The number of nitrogens with two attached hydrogens (primary N) is 3. The number of carboxylic acids is 2. The van der Waals surface area contributed by atoms with Crippen LogP contribution in [0.15, 0.2) is 0 Å². The van der Waals surface area contributed by atoms with Crippen LogP contribution < -0.4 is 33.2 Å². The van der Waals surface area contributed by atoms with Crippen molar-refractivity contribution in [3.8, 4) is 0 Å². The van der Waals surface area contributed by atoms with Crippen molar-refractivity contribution in [2.45, 2.75) is 75.5 Å². The third-order valence-corrected chi connectivity index (χ3v) is 5.33. The predicted molar refractivity (Wildman–Crippen MR) is 128 cm³/mol. The third kappa shape index (κ3) is 13.3. The number of carboxylic acid groups (broad SMARTS) is 2. The summed E-state index contributed by atoms with van der Waals surface area (Å²) in [7, 11) is 0. The average Bonchev–Trinajstić information content (AvgIpc) is 2.78. The first kappa shape index (κ1) is 31.6. The molecule has 0 unspecified atom stereocenters. The van der Waals surface area contributed by atoms with E-state index in [1.54, 1.807) is 0 Å². The molecule has 0 aromatic heterocycles. The van der Waals surface area contributed by atoms with Crippen molar-refractivity contribution in [3.05, 3.63) is 0 Å². The maximum atomic E-state index is 12.8. The van der Waals surface area contributed by atoms with Crippen molar-refractivity contribution in [2.75, 3.05) is 18.8 Å². The van der Waals surface area contributed by atoms with Crippen LogP contribution in [-0.4, -0.2) is 82.9 Å². The zero-order valence-corrected chi connectivity index (χ0v) is 20.1. The van der Waals surface area contributed by atoms with Crippen molar-refractivity contribution in [3.63, 3.8) is 0 Å². The molecule has 0 aliphatic carbocycles. The molecule has 0 aromatic rings. The SMILES string of the molecule is NCCCC[C@H](NC(=O)[C@H](CS)NC(=O)[C@H](CCC(=O)O)NC(=O)[C@@H](N)CCCCN)C(=O)O. The highest BCUT2D eigenvalue weighted by Gasteiger charge is 2.29. The van der Waals surface area contributed by atoms with Crippen LogP contribution in [0.1, 0.15) is 51.4 Å². The fourth-order valence-corrected chi connectivity index (χ4v) is 3.20. The van der Waals surface area contributed by atoms with Gasteiger partial charge in [-0.05, 0) is 51.6 Å². The first-order chi connectivity index (χ1) is 16.1. The fraction of sp³-hybridized carbons (Fsp3) is 0.750. The molecule has 0 rings (SSSR count). The summed E-state index contributed by atoms with van der Waals surface area (Å²) in [5.74, 6) is -4.79. The fourth-order valence-electron chi connectivity index (χ4n) is 2.94. The van der Waals surface area contributed by atoms with Gasteiger partial charge in [0, 0.05) is 12.2 Å². The molecule has 13 nitrogen and oxygen atoms in total. The van der Waals surface area contributed by atoms with Crippen molar-refractivity contribution in [1.29, 1.82) is 0 Å². The number of carbonyl (C=O) groups excluding carboxylic acids is 3. The quantitative estimate of drug-likeness (QED) is 0.0683. The van der Waals surface area contributed by atoms with Gasteiger partial charge in [0.2, 0.25) is 17.7 Å². The van der Waals surface area contributed by atoms with Crippen LogP contribution in [0.4, 0.5) is 0 Å². The van der Waals surface area contributed by atoms with Crippen molar-refractivity contribution >= 4 is 42.3 Å². The second-order valence-corrected chi connectivity index (χ2v) is 8.18. The van der Waals surface area contributed by atoms with Crippen LogP contribution in [0, 0.1) is 0 Å². The Morgan fingerprint density at radius 3 is 1.71 bits per heavy atom. The Balaban J connectivity index is 5.19. The molecule has 196 valence electrons. The van der Waals surface area contributed by atoms with Gasteiger partial charge in [-0.1, -0.05) is 6.42 Å². The van der Waals surface area contributed by atoms with E-state index < -0.39 is 60.2 Å². The Kier molecular flexibility index (Phi) is 16.7. The van der Waals surface area contributed by atoms with E-state index in [4.69, 9.17) is 22.3 Å². The minimum Gasteiger partial charge on any atom is -0.481 e. The zero-order valence-electron chi connectivity index (χ0n) is 19.2. The Hall–Kier alpha value is -2.42. The maximum absolute atomic E-state index is 12.8. The number of carbonyl (C=O) groups is 5. The minimum absolute atomic E-state index is 0.158. The molecular formula is C20H38N6O7S. The summed E-state index contributed by atoms with van der Waals surface area (Å²) in [6.07, 6.45) is 2.19. The molecule has 0 saturated carbocycles. The van der Waals surface area contributed by atoms with Gasteiger partial charge in [0.15, 0.2) is 0 Å². The lowest BCUT2D eigenvalue weighted by molar-refractivity contribution is -0.142. The molecule has 0 aliphatic rings. The number of thiol groups is 1. The number of rotatable bonds is 19. The van der Waals surface area contributed by atoms with E-state index in [0.717, 1.165) is 0 Å². The van der Waals surface area contributed by atoms with Gasteiger partial charge >= 0.3 is 11.9 Å². The molecule has 3 amide bonds. The summed E-state index contributed by atoms with van der Waals surface area (Å²) < 4.78 is 0. The Bertz CT molecular complexity index is 682. The summed E-state index contributed by atoms with van der Waals surface area (Å²) in [5, 5.41) is 25.5. The van der Waals surface area contributed by atoms with E-state index in [0.29, 0.717) is 45.2 Å². The van der Waals surface area contributed by atoms with Crippen LogP contribution in [0.3, 0.4) is 0 Å². The third-order valence-electron chi connectivity index (χ3n) is 4.96. The van der Waals surface area contributed by atoms with Gasteiger partial charge in [-0.15, -0.1) is 0 Å². The van der Waals surface area contributed by atoms with Crippen molar-refractivity contribution in [2.24, 2.45) is 17.2 Å².